The minimum Gasteiger partial charge on any atom is -0.479 e. The Balaban J connectivity index is 2.02. The molecule has 0 bridgehead atoms. The van der Waals surface area contributed by atoms with E-state index < -0.39 is 29.4 Å². The maximum atomic E-state index is 12.1. The van der Waals surface area contributed by atoms with Crippen LogP contribution in [0.1, 0.15) is 20.3 Å². The second-order valence-corrected chi connectivity index (χ2v) is 5.39. The van der Waals surface area contributed by atoms with Crippen molar-refractivity contribution in [3.8, 4) is 0 Å². The topological polar surface area (TPSA) is 111 Å². The molecule has 2 rings (SSSR count). The molecule has 0 aromatic heterocycles. The van der Waals surface area contributed by atoms with Crippen LogP contribution in [-0.2, 0) is 19.2 Å². The Hall–Kier alpha value is -1.18. The Morgan fingerprint density at radius 3 is 2.83 bits per heavy atom. The standard InChI is InChI=1S/C11H18N2O5/c1-10(2)8-6(3-4-17-8)11(10,12)9(16)13-18-5-7(14)15/h6,8H,3-5,12H2,1-2H3,(H,13,16)(H,14,15). The SMILES string of the molecule is CC1(C)C2OCCC2C1(N)C(=O)NOCC(=O)O. The number of carbonyl (C=O) groups is 2. The number of carbonyl (C=O) groups excluding carboxylic acids is 1. The van der Waals surface area contributed by atoms with E-state index in [1.54, 1.807) is 0 Å². The van der Waals surface area contributed by atoms with Gasteiger partial charge in [0.1, 0.15) is 5.54 Å². The molecule has 0 radical (unpaired) electrons. The lowest BCUT2D eigenvalue weighted by Gasteiger charge is -2.60. The largest absolute Gasteiger partial charge is 0.479 e. The van der Waals surface area contributed by atoms with Crippen LogP contribution in [0.25, 0.3) is 0 Å². The van der Waals surface area contributed by atoms with Crippen molar-refractivity contribution in [2.45, 2.75) is 31.9 Å². The Bertz CT molecular complexity index is 384. The summed E-state index contributed by atoms with van der Waals surface area (Å²) in [5.74, 6) is -1.68. The van der Waals surface area contributed by atoms with Crippen molar-refractivity contribution in [2.75, 3.05) is 13.2 Å². The average molecular weight is 258 g/mol. The van der Waals surface area contributed by atoms with Gasteiger partial charge in [0.25, 0.3) is 5.91 Å². The predicted octanol–water partition coefficient (Wildman–Crippen LogP) is -0.739. The Labute approximate surface area is 105 Å². The van der Waals surface area contributed by atoms with E-state index in [9.17, 15) is 9.59 Å². The van der Waals surface area contributed by atoms with Crippen LogP contribution in [-0.4, -0.2) is 41.8 Å². The third kappa shape index (κ3) is 1.62. The summed E-state index contributed by atoms with van der Waals surface area (Å²) in [6, 6.07) is 0. The van der Waals surface area contributed by atoms with Gasteiger partial charge in [-0.05, 0) is 6.42 Å². The fraction of sp³-hybridized carbons (Fsp3) is 0.818. The van der Waals surface area contributed by atoms with Gasteiger partial charge in [0.05, 0.1) is 6.10 Å². The van der Waals surface area contributed by atoms with Gasteiger partial charge in [-0.3, -0.25) is 9.63 Å². The van der Waals surface area contributed by atoms with Gasteiger partial charge in [-0.2, -0.15) is 0 Å². The number of carboxylic acid groups (broad SMARTS) is 1. The molecular weight excluding hydrogens is 240 g/mol. The Morgan fingerprint density at radius 1 is 1.56 bits per heavy atom. The molecule has 0 spiro atoms. The minimum atomic E-state index is -1.16. The van der Waals surface area contributed by atoms with Gasteiger partial charge < -0.3 is 15.6 Å². The molecule has 1 amide bonds. The number of hydrogen-bond donors (Lipinski definition) is 3. The highest BCUT2D eigenvalue weighted by molar-refractivity contribution is 5.89. The molecule has 1 aliphatic carbocycles. The molecule has 1 heterocycles. The number of amides is 1. The molecule has 2 aliphatic rings. The van der Waals surface area contributed by atoms with E-state index in [2.05, 4.69) is 10.3 Å². The van der Waals surface area contributed by atoms with Crippen molar-refractivity contribution < 1.29 is 24.3 Å². The zero-order valence-corrected chi connectivity index (χ0v) is 10.4. The summed E-state index contributed by atoms with van der Waals surface area (Å²) in [5.41, 5.74) is 6.76. The van der Waals surface area contributed by atoms with E-state index in [1.807, 2.05) is 13.8 Å². The fourth-order valence-electron chi connectivity index (χ4n) is 3.09. The van der Waals surface area contributed by atoms with Crippen LogP contribution in [0, 0.1) is 11.3 Å². The number of ether oxygens (including phenoxy) is 1. The number of aliphatic carboxylic acids is 1. The highest BCUT2D eigenvalue weighted by Crippen LogP contribution is 2.58. The van der Waals surface area contributed by atoms with Gasteiger partial charge in [0, 0.05) is 17.9 Å². The molecule has 3 atom stereocenters. The van der Waals surface area contributed by atoms with E-state index in [4.69, 9.17) is 15.6 Å². The molecule has 4 N–H and O–H groups in total. The van der Waals surface area contributed by atoms with Crippen LogP contribution >= 0.6 is 0 Å². The average Bonchev–Trinajstić information content (AvgIpc) is 2.74. The maximum Gasteiger partial charge on any atom is 0.332 e. The van der Waals surface area contributed by atoms with Gasteiger partial charge in [-0.25, -0.2) is 10.3 Å². The molecule has 102 valence electrons. The molecule has 18 heavy (non-hydrogen) atoms. The summed E-state index contributed by atoms with van der Waals surface area (Å²) in [5, 5.41) is 8.43. The second-order valence-electron chi connectivity index (χ2n) is 5.39. The van der Waals surface area contributed by atoms with Gasteiger partial charge >= 0.3 is 5.97 Å². The van der Waals surface area contributed by atoms with Crippen LogP contribution in [0.3, 0.4) is 0 Å². The molecule has 1 aliphatic heterocycles. The zero-order chi connectivity index (χ0) is 13.6. The predicted molar refractivity (Wildman–Crippen MR) is 60.3 cm³/mol. The summed E-state index contributed by atoms with van der Waals surface area (Å²) in [7, 11) is 0. The third-order valence-electron chi connectivity index (χ3n) is 4.19. The smallest absolute Gasteiger partial charge is 0.332 e. The highest BCUT2D eigenvalue weighted by atomic mass is 16.7. The zero-order valence-electron chi connectivity index (χ0n) is 10.4. The van der Waals surface area contributed by atoms with Crippen LogP contribution < -0.4 is 11.2 Å². The Morgan fingerprint density at radius 2 is 2.22 bits per heavy atom. The number of hydroxylamine groups is 1. The number of carboxylic acids is 1. The molecule has 1 saturated carbocycles. The van der Waals surface area contributed by atoms with Gasteiger partial charge in [-0.15, -0.1) is 0 Å². The molecule has 0 aromatic carbocycles. The van der Waals surface area contributed by atoms with Gasteiger partial charge in [0.2, 0.25) is 0 Å². The number of nitrogens with one attached hydrogen (secondary N) is 1. The van der Waals surface area contributed by atoms with Crippen LogP contribution in [0.2, 0.25) is 0 Å². The lowest BCUT2D eigenvalue weighted by Crippen LogP contribution is -2.80. The normalized spacial score (nSPS) is 36.6. The van der Waals surface area contributed by atoms with Gasteiger partial charge in [-0.1, -0.05) is 13.8 Å². The van der Waals surface area contributed by atoms with E-state index >= 15 is 0 Å². The van der Waals surface area contributed by atoms with E-state index in [0.717, 1.165) is 6.42 Å². The van der Waals surface area contributed by atoms with Crippen molar-refractivity contribution in [3.63, 3.8) is 0 Å². The molecule has 2 fully saturated rings. The number of rotatable bonds is 4. The quantitative estimate of drug-likeness (QED) is 0.573. The first-order valence-corrected chi connectivity index (χ1v) is 5.86. The second kappa shape index (κ2) is 4.18. The van der Waals surface area contributed by atoms with E-state index in [0.29, 0.717) is 6.61 Å². The fourth-order valence-corrected chi connectivity index (χ4v) is 3.09. The van der Waals surface area contributed by atoms with Crippen LogP contribution in [0.15, 0.2) is 0 Å². The van der Waals surface area contributed by atoms with Crippen molar-refractivity contribution >= 4 is 11.9 Å². The van der Waals surface area contributed by atoms with E-state index in [1.165, 1.54) is 0 Å². The lowest BCUT2D eigenvalue weighted by atomic mass is 9.48. The lowest BCUT2D eigenvalue weighted by molar-refractivity contribution is -0.185. The van der Waals surface area contributed by atoms with Gasteiger partial charge in [0.15, 0.2) is 6.61 Å². The number of nitrogens with two attached hydrogens (primary N) is 1. The number of hydrogen-bond acceptors (Lipinski definition) is 5. The van der Waals surface area contributed by atoms with Crippen molar-refractivity contribution in [1.82, 2.24) is 5.48 Å². The minimum absolute atomic E-state index is 0.0206. The van der Waals surface area contributed by atoms with Crippen LogP contribution in [0.5, 0.6) is 0 Å². The van der Waals surface area contributed by atoms with Crippen molar-refractivity contribution in [1.29, 1.82) is 0 Å². The summed E-state index contributed by atoms with van der Waals surface area (Å²) < 4.78 is 5.56. The van der Waals surface area contributed by atoms with E-state index in [-0.39, 0.29) is 12.0 Å². The van der Waals surface area contributed by atoms with Crippen molar-refractivity contribution in [2.24, 2.45) is 17.1 Å². The molecular formula is C11H18N2O5. The molecule has 3 unspecified atom stereocenters. The Kier molecular flexibility index (Phi) is 3.08. The summed E-state index contributed by atoms with van der Waals surface area (Å²) >= 11 is 0. The molecule has 1 saturated heterocycles. The summed E-state index contributed by atoms with van der Waals surface area (Å²) in [6.07, 6.45) is 0.712. The molecule has 7 heteroatoms. The first kappa shape index (κ1) is 13.3. The van der Waals surface area contributed by atoms with Crippen molar-refractivity contribution in [3.05, 3.63) is 0 Å². The summed E-state index contributed by atoms with van der Waals surface area (Å²) in [4.78, 5) is 27.0. The highest BCUT2D eigenvalue weighted by Gasteiger charge is 2.71. The maximum absolute atomic E-state index is 12.1. The first-order chi connectivity index (χ1) is 8.31. The molecule has 7 nitrogen and oxygen atoms in total. The first-order valence-electron chi connectivity index (χ1n) is 5.86. The number of fused-ring (bicyclic) bond motifs is 1. The summed E-state index contributed by atoms with van der Waals surface area (Å²) in [6.45, 7) is 3.75. The van der Waals surface area contributed by atoms with Crippen LogP contribution in [0.4, 0.5) is 0 Å². The monoisotopic (exact) mass is 258 g/mol. The third-order valence-corrected chi connectivity index (χ3v) is 4.19. The molecule has 0 aromatic rings.